The Bertz CT molecular complexity index is 853. The smallest absolute Gasteiger partial charge is 0.180 e. The van der Waals surface area contributed by atoms with Gasteiger partial charge in [0.05, 0.1) is 24.6 Å². The summed E-state index contributed by atoms with van der Waals surface area (Å²) in [6.07, 6.45) is 6.79. The van der Waals surface area contributed by atoms with Crippen LogP contribution < -0.4 is 4.90 Å². The number of hydrogen-bond acceptors (Lipinski definition) is 5. The Morgan fingerprint density at radius 2 is 1.92 bits per heavy atom. The van der Waals surface area contributed by atoms with E-state index in [4.69, 9.17) is 0 Å². The Labute approximate surface area is 140 Å². The topological polar surface area (TPSA) is 73.9 Å². The first-order valence-corrected chi connectivity index (χ1v) is 8.22. The monoisotopic (exact) mass is 324 g/mol. The Kier molecular flexibility index (Phi) is 3.92. The molecule has 6 nitrogen and oxygen atoms in total. The van der Waals surface area contributed by atoms with Crippen LogP contribution in [0.4, 0.5) is 5.82 Å². The molecular weight excluding hydrogens is 304 g/mol. The summed E-state index contributed by atoms with van der Waals surface area (Å²) >= 11 is 0. The quantitative estimate of drug-likeness (QED) is 0.769. The van der Waals surface area contributed by atoms with Crippen molar-refractivity contribution in [3.63, 3.8) is 0 Å². The second-order valence-corrected chi connectivity index (χ2v) is 6.12. The predicted octanol–water partition coefficient (Wildman–Crippen LogP) is 1.85. The molecule has 0 saturated carbocycles. The molecule has 4 rings (SSSR count). The third kappa shape index (κ3) is 2.53. The van der Waals surface area contributed by atoms with E-state index in [-0.39, 0.29) is 12.7 Å². The average molecular weight is 324 g/mol. The van der Waals surface area contributed by atoms with E-state index < -0.39 is 0 Å². The van der Waals surface area contributed by atoms with Crippen LogP contribution in [0.1, 0.15) is 18.4 Å². The van der Waals surface area contributed by atoms with Crippen molar-refractivity contribution in [1.29, 1.82) is 0 Å². The average Bonchev–Trinajstić information content (AvgIpc) is 3.06. The maximum atomic E-state index is 9.71. The highest BCUT2D eigenvalue weighted by atomic mass is 16.3. The van der Waals surface area contributed by atoms with Gasteiger partial charge >= 0.3 is 0 Å². The molecule has 24 heavy (non-hydrogen) atoms. The van der Waals surface area contributed by atoms with E-state index >= 15 is 0 Å². The number of aliphatic hydroxyl groups is 2. The summed E-state index contributed by atoms with van der Waals surface area (Å²) in [6, 6.07) is 7.79. The molecule has 124 valence electrons. The van der Waals surface area contributed by atoms with Gasteiger partial charge in [0.25, 0.3) is 0 Å². The van der Waals surface area contributed by atoms with E-state index in [1.165, 1.54) is 0 Å². The van der Waals surface area contributed by atoms with Crippen molar-refractivity contribution in [2.24, 2.45) is 0 Å². The summed E-state index contributed by atoms with van der Waals surface area (Å²) in [5.41, 5.74) is 3.59. The van der Waals surface area contributed by atoms with Crippen molar-refractivity contribution in [3.05, 3.63) is 48.4 Å². The lowest BCUT2D eigenvalue weighted by molar-refractivity contribution is 0.145. The van der Waals surface area contributed by atoms with Gasteiger partial charge in [0.15, 0.2) is 11.5 Å². The third-order valence-electron chi connectivity index (χ3n) is 4.64. The van der Waals surface area contributed by atoms with Gasteiger partial charge in [0.1, 0.15) is 0 Å². The third-order valence-corrected chi connectivity index (χ3v) is 4.64. The number of nitrogens with zero attached hydrogens (tertiary/aromatic N) is 4. The zero-order valence-electron chi connectivity index (χ0n) is 13.3. The molecule has 1 saturated heterocycles. The first-order chi connectivity index (χ1) is 11.8. The molecule has 1 aliphatic rings. The minimum atomic E-state index is -0.215. The van der Waals surface area contributed by atoms with Crippen molar-refractivity contribution in [1.82, 2.24) is 14.4 Å². The number of piperidine rings is 1. The molecular formula is C18H20N4O2. The van der Waals surface area contributed by atoms with E-state index in [1.807, 2.05) is 41.1 Å². The maximum Gasteiger partial charge on any atom is 0.180 e. The van der Waals surface area contributed by atoms with Crippen LogP contribution in [0.3, 0.4) is 0 Å². The van der Waals surface area contributed by atoms with Crippen molar-refractivity contribution < 1.29 is 10.2 Å². The number of fused-ring (bicyclic) bond motifs is 1. The summed E-state index contributed by atoms with van der Waals surface area (Å²) < 4.78 is 2.02. The lowest BCUT2D eigenvalue weighted by atomic mass is 10.1. The molecule has 0 radical (unpaired) electrons. The van der Waals surface area contributed by atoms with Gasteiger partial charge in [0.2, 0.25) is 0 Å². The van der Waals surface area contributed by atoms with Gasteiger partial charge < -0.3 is 15.1 Å². The van der Waals surface area contributed by atoms with E-state index in [0.29, 0.717) is 0 Å². The minimum Gasteiger partial charge on any atom is -0.393 e. The molecule has 2 N–H and O–H groups in total. The zero-order chi connectivity index (χ0) is 16.5. The van der Waals surface area contributed by atoms with Gasteiger partial charge in [-0.25, -0.2) is 9.97 Å². The fourth-order valence-corrected chi connectivity index (χ4v) is 3.31. The fourth-order valence-electron chi connectivity index (χ4n) is 3.31. The highest BCUT2D eigenvalue weighted by Crippen LogP contribution is 2.28. The van der Waals surface area contributed by atoms with Crippen LogP contribution in [0.15, 0.2) is 42.9 Å². The number of hydrogen-bond donors (Lipinski definition) is 2. The Morgan fingerprint density at radius 1 is 1.12 bits per heavy atom. The SMILES string of the molecule is OCc1ccccc1-c1cnc2c(N3CCC(O)CC3)nccn12. The molecule has 2 aromatic heterocycles. The number of benzene rings is 1. The van der Waals surface area contributed by atoms with Crippen molar-refractivity contribution >= 4 is 11.5 Å². The van der Waals surface area contributed by atoms with Crippen molar-refractivity contribution in [3.8, 4) is 11.3 Å². The Morgan fingerprint density at radius 3 is 2.71 bits per heavy atom. The summed E-state index contributed by atoms with van der Waals surface area (Å²) in [5.74, 6) is 0.845. The Balaban J connectivity index is 1.79. The van der Waals surface area contributed by atoms with Crippen LogP contribution in [0.2, 0.25) is 0 Å². The van der Waals surface area contributed by atoms with Crippen molar-refractivity contribution in [2.45, 2.75) is 25.6 Å². The first kappa shape index (κ1) is 15.1. The molecule has 0 bridgehead atoms. The van der Waals surface area contributed by atoms with Gasteiger partial charge in [-0.3, -0.25) is 4.40 Å². The largest absolute Gasteiger partial charge is 0.393 e. The van der Waals surface area contributed by atoms with Crippen LogP contribution in [0, 0.1) is 0 Å². The summed E-state index contributed by atoms with van der Waals surface area (Å²) in [4.78, 5) is 11.3. The molecule has 6 heteroatoms. The number of rotatable bonds is 3. The van der Waals surface area contributed by atoms with Gasteiger partial charge in [-0.2, -0.15) is 0 Å². The van der Waals surface area contributed by atoms with Crippen LogP contribution in [0.25, 0.3) is 16.9 Å². The maximum absolute atomic E-state index is 9.71. The van der Waals surface area contributed by atoms with Crippen LogP contribution in [-0.2, 0) is 6.61 Å². The van der Waals surface area contributed by atoms with E-state index in [0.717, 1.165) is 54.2 Å². The molecule has 0 spiro atoms. The lowest BCUT2D eigenvalue weighted by Crippen LogP contribution is -2.36. The van der Waals surface area contributed by atoms with E-state index in [2.05, 4.69) is 14.9 Å². The molecule has 3 heterocycles. The number of anilines is 1. The molecule has 0 atom stereocenters. The summed E-state index contributed by atoms with van der Waals surface area (Å²) in [6.45, 7) is 1.55. The molecule has 1 aromatic carbocycles. The van der Waals surface area contributed by atoms with Crippen LogP contribution in [-0.4, -0.2) is 43.8 Å². The van der Waals surface area contributed by atoms with Gasteiger partial charge in [0, 0.05) is 31.0 Å². The van der Waals surface area contributed by atoms with Gasteiger partial charge in [-0.1, -0.05) is 24.3 Å². The van der Waals surface area contributed by atoms with E-state index in [1.54, 1.807) is 6.20 Å². The number of imidazole rings is 1. The molecule has 1 fully saturated rings. The molecule has 0 amide bonds. The normalized spacial score (nSPS) is 16.0. The zero-order valence-corrected chi connectivity index (χ0v) is 13.3. The molecule has 0 unspecified atom stereocenters. The summed E-state index contributed by atoms with van der Waals surface area (Å²) in [5, 5.41) is 19.3. The van der Waals surface area contributed by atoms with Crippen molar-refractivity contribution in [2.75, 3.05) is 18.0 Å². The van der Waals surface area contributed by atoms with Gasteiger partial charge in [-0.15, -0.1) is 0 Å². The minimum absolute atomic E-state index is 0.00857. The molecule has 3 aromatic rings. The Hall–Kier alpha value is -2.44. The van der Waals surface area contributed by atoms with Crippen LogP contribution >= 0.6 is 0 Å². The van der Waals surface area contributed by atoms with E-state index in [9.17, 15) is 10.2 Å². The second-order valence-electron chi connectivity index (χ2n) is 6.12. The fraction of sp³-hybridized carbons (Fsp3) is 0.333. The highest BCUT2D eigenvalue weighted by Gasteiger charge is 2.21. The first-order valence-electron chi connectivity index (χ1n) is 8.22. The number of aliphatic hydroxyl groups excluding tert-OH is 2. The van der Waals surface area contributed by atoms with Gasteiger partial charge in [-0.05, 0) is 18.4 Å². The van der Waals surface area contributed by atoms with Crippen LogP contribution in [0.5, 0.6) is 0 Å². The standard InChI is InChI=1S/C18H20N4O2/c23-12-13-3-1-2-4-15(13)16-11-20-18-17(19-7-10-22(16)18)21-8-5-14(24)6-9-21/h1-4,7,10-11,14,23-24H,5-6,8-9,12H2. The lowest BCUT2D eigenvalue weighted by Gasteiger charge is -2.30. The predicted molar refractivity (Wildman–Crippen MR) is 91.8 cm³/mol. The summed E-state index contributed by atoms with van der Waals surface area (Å²) in [7, 11) is 0. The molecule has 1 aliphatic heterocycles. The highest BCUT2D eigenvalue weighted by molar-refractivity contribution is 5.72. The second kappa shape index (κ2) is 6.22. The number of aromatic nitrogens is 3. The molecule has 0 aliphatic carbocycles.